The highest BCUT2D eigenvalue weighted by Gasteiger charge is 2.40. The highest BCUT2D eigenvalue weighted by Crippen LogP contribution is 2.38. The van der Waals surface area contributed by atoms with Gasteiger partial charge in [0.2, 0.25) is 5.95 Å². The van der Waals surface area contributed by atoms with Gasteiger partial charge in [0.05, 0.1) is 5.69 Å². The van der Waals surface area contributed by atoms with Crippen LogP contribution in [0.5, 0.6) is 0 Å². The number of nitrogens with zero attached hydrogens (tertiary/aromatic N) is 4. The number of hydrogen-bond donors (Lipinski definition) is 3. The number of imidazole rings is 1. The molecule has 10 heteroatoms. The van der Waals surface area contributed by atoms with Crippen molar-refractivity contribution in [3.05, 3.63) is 35.9 Å². The Balaban J connectivity index is 1.44. The zero-order valence-corrected chi connectivity index (χ0v) is 16.5. The lowest BCUT2D eigenvalue weighted by Crippen LogP contribution is -2.36. The maximum absolute atomic E-state index is 14.9. The van der Waals surface area contributed by atoms with Crippen molar-refractivity contribution in [2.75, 3.05) is 5.32 Å². The van der Waals surface area contributed by atoms with Crippen LogP contribution in [0.25, 0.3) is 5.65 Å². The van der Waals surface area contributed by atoms with Gasteiger partial charge in [-0.3, -0.25) is 9.50 Å². The molecule has 3 N–H and O–H groups in total. The molecule has 3 heterocycles. The number of ether oxygens (including phenoxy) is 1. The minimum atomic E-state index is -1.29. The average molecular weight is 401 g/mol. The van der Waals surface area contributed by atoms with Gasteiger partial charge in [-0.15, -0.1) is 0 Å². The summed E-state index contributed by atoms with van der Waals surface area (Å²) in [5.74, 6) is 0.686. The smallest absolute Gasteiger partial charge is 0.407 e. The van der Waals surface area contributed by atoms with E-state index in [1.54, 1.807) is 12.3 Å². The Hall–Kier alpha value is -3.17. The molecule has 3 atom stereocenters. The number of H-pyrrole nitrogens is 1. The molecule has 1 saturated carbocycles. The number of rotatable bonds is 5. The third-order valence-electron chi connectivity index (χ3n) is 4.91. The summed E-state index contributed by atoms with van der Waals surface area (Å²) < 4.78 is 22.0. The molecule has 0 aliphatic heterocycles. The van der Waals surface area contributed by atoms with Crippen LogP contribution in [0.2, 0.25) is 0 Å². The molecule has 4 rings (SSSR count). The summed E-state index contributed by atoms with van der Waals surface area (Å²) >= 11 is 0. The summed E-state index contributed by atoms with van der Waals surface area (Å²) in [4.78, 5) is 20.5. The van der Waals surface area contributed by atoms with E-state index in [4.69, 9.17) is 4.74 Å². The first-order valence-corrected chi connectivity index (χ1v) is 9.65. The molecular weight excluding hydrogens is 377 g/mol. The first-order valence-electron chi connectivity index (χ1n) is 9.65. The lowest BCUT2D eigenvalue weighted by Gasteiger charge is -2.18. The number of aromatic nitrogens is 5. The van der Waals surface area contributed by atoms with Gasteiger partial charge in [-0.2, -0.15) is 5.10 Å². The fourth-order valence-corrected chi connectivity index (χ4v) is 3.62. The number of fused-ring (bicyclic) bond motifs is 1. The van der Waals surface area contributed by atoms with E-state index >= 15 is 0 Å². The van der Waals surface area contributed by atoms with E-state index in [2.05, 4.69) is 30.8 Å². The number of aromatic amines is 1. The van der Waals surface area contributed by atoms with Crippen LogP contribution in [0.4, 0.5) is 21.0 Å². The number of alkyl carbamates (subject to hydrolysis) is 1. The van der Waals surface area contributed by atoms with Crippen LogP contribution < -0.4 is 10.6 Å². The molecule has 1 fully saturated rings. The van der Waals surface area contributed by atoms with Crippen LogP contribution in [0, 0.1) is 6.92 Å². The average Bonchev–Trinajstić information content (AvgIpc) is 3.34. The van der Waals surface area contributed by atoms with Gasteiger partial charge in [0.25, 0.3) is 0 Å². The number of carbonyl (C=O) groups excluding carboxylic acids is 1. The fraction of sp³-hybridized carbons (Fsp3) is 0.474. The monoisotopic (exact) mass is 401 g/mol. The molecule has 0 saturated heterocycles. The van der Waals surface area contributed by atoms with Gasteiger partial charge in [-0.05, 0) is 39.7 Å². The minimum Gasteiger partial charge on any atom is -0.443 e. The van der Waals surface area contributed by atoms with Gasteiger partial charge in [-0.1, -0.05) is 0 Å². The van der Waals surface area contributed by atoms with Crippen molar-refractivity contribution in [1.82, 2.24) is 29.9 Å². The maximum atomic E-state index is 14.9. The molecule has 0 aromatic carbocycles. The van der Waals surface area contributed by atoms with Gasteiger partial charge in [0.15, 0.2) is 5.82 Å². The number of amides is 1. The zero-order valence-electron chi connectivity index (χ0n) is 16.5. The summed E-state index contributed by atoms with van der Waals surface area (Å²) in [6, 6.07) is 3.52. The van der Waals surface area contributed by atoms with Crippen molar-refractivity contribution in [3.8, 4) is 0 Å². The molecule has 0 unspecified atom stereocenters. The van der Waals surface area contributed by atoms with E-state index < -0.39 is 24.3 Å². The topological polar surface area (TPSA) is 109 Å². The number of hydrogen-bond acceptors (Lipinski definition) is 6. The number of alkyl halides is 1. The highest BCUT2D eigenvalue weighted by atomic mass is 19.1. The normalized spacial score (nSPS) is 21.6. The minimum absolute atomic E-state index is 0.0589. The predicted octanol–water partition coefficient (Wildman–Crippen LogP) is 3.22. The zero-order chi connectivity index (χ0) is 20.5. The van der Waals surface area contributed by atoms with Gasteiger partial charge in [-0.25, -0.2) is 19.2 Å². The van der Waals surface area contributed by atoms with E-state index in [1.807, 2.05) is 37.4 Å². The van der Waals surface area contributed by atoms with E-state index in [0.29, 0.717) is 30.3 Å². The Labute approximate surface area is 167 Å². The first-order chi connectivity index (χ1) is 13.9. The number of nitrogens with one attached hydrogen (secondary N) is 3. The fourth-order valence-electron chi connectivity index (χ4n) is 3.62. The molecule has 9 nitrogen and oxygen atoms in total. The molecule has 1 amide bonds. The van der Waals surface area contributed by atoms with E-state index in [-0.39, 0.29) is 6.04 Å². The van der Waals surface area contributed by atoms with Crippen molar-refractivity contribution in [2.45, 2.75) is 57.8 Å². The molecule has 1 aliphatic rings. The van der Waals surface area contributed by atoms with Crippen molar-refractivity contribution in [1.29, 1.82) is 0 Å². The van der Waals surface area contributed by atoms with Gasteiger partial charge < -0.3 is 15.4 Å². The Morgan fingerprint density at radius 3 is 3.03 bits per heavy atom. The standard InChI is InChI=1S/C19H24FN7O2/c1-10(2)22-19(28)29-14-5-4-12(17(14)20)13-8-15(26-25-13)24-18-21-7-6-16-23-11(3)9-27(16)18/h6-10,12,14,17H,4-5H2,1-3H3,(H,22,28)(H2,21,24,25,26)/t12-,14-,17+/m0/s1. The molecule has 0 bridgehead atoms. The molecular formula is C19H24FN7O2. The summed E-state index contributed by atoms with van der Waals surface area (Å²) in [6.45, 7) is 5.56. The Kier molecular flexibility index (Phi) is 5.08. The lowest BCUT2D eigenvalue weighted by molar-refractivity contribution is 0.0555. The van der Waals surface area contributed by atoms with Crippen molar-refractivity contribution < 1.29 is 13.9 Å². The van der Waals surface area contributed by atoms with Crippen LogP contribution in [0.1, 0.15) is 44.0 Å². The molecule has 29 heavy (non-hydrogen) atoms. The van der Waals surface area contributed by atoms with Crippen LogP contribution in [-0.4, -0.2) is 49.0 Å². The Bertz CT molecular complexity index is 1020. The van der Waals surface area contributed by atoms with Gasteiger partial charge in [0, 0.05) is 36.1 Å². The van der Waals surface area contributed by atoms with Crippen LogP contribution >= 0.6 is 0 Å². The second kappa shape index (κ2) is 7.69. The summed E-state index contributed by atoms with van der Waals surface area (Å²) in [5.41, 5.74) is 2.31. The van der Waals surface area contributed by atoms with Crippen molar-refractivity contribution in [2.24, 2.45) is 0 Å². The molecule has 0 spiro atoms. The molecule has 1 aliphatic carbocycles. The van der Waals surface area contributed by atoms with E-state index in [0.717, 1.165) is 11.3 Å². The Morgan fingerprint density at radius 2 is 2.24 bits per heavy atom. The molecule has 154 valence electrons. The quantitative estimate of drug-likeness (QED) is 0.606. The second-order valence-corrected chi connectivity index (χ2v) is 7.58. The number of anilines is 2. The summed E-state index contributed by atoms with van der Waals surface area (Å²) in [7, 11) is 0. The summed E-state index contributed by atoms with van der Waals surface area (Å²) in [5, 5.41) is 12.9. The number of halogens is 1. The number of carbonyl (C=O) groups is 1. The Morgan fingerprint density at radius 1 is 1.41 bits per heavy atom. The van der Waals surface area contributed by atoms with Crippen LogP contribution in [0.15, 0.2) is 24.5 Å². The maximum Gasteiger partial charge on any atom is 0.407 e. The van der Waals surface area contributed by atoms with Gasteiger partial charge in [0.1, 0.15) is 17.9 Å². The lowest BCUT2D eigenvalue weighted by atomic mass is 10.0. The second-order valence-electron chi connectivity index (χ2n) is 7.58. The van der Waals surface area contributed by atoms with E-state index in [1.165, 1.54) is 0 Å². The highest BCUT2D eigenvalue weighted by molar-refractivity contribution is 5.67. The largest absolute Gasteiger partial charge is 0.443 e. The van der Waals surface area contributed by atoms with Crippen LogP contribution in [0.3, 0.4) is 0 Å². The van der Waals surface area contributed by atoms with Gasteiger partial charge >= 0.3 is 6.09 Å². The van der Waals surface area contributed by atoms with Crippen molar-refractivity contribution >= 4 is 23.5 Å². The van der Waals surface area contributed by atoms with Crippen molar-refractivity contribution in [3.63, 3.8) is 0 Å². The summed E-state index contributed by atoms with van der Waals surface area (Å²) in [6.07, 6.45) is 1.93. The molecule has 0 radical (unpaired) electrons. The van der Waals surface area contributed by atoms with E-state index in [9.17, 15) is 9.18 Å². The number of aryl methyl sites for hydroxylation is 1. The predicted molar refractivity (Wildman–Crippen MR) is 105 cm³/mol. The molecule has 3 aromatic heterocycles. The first kappa shape index (κ1) is 19.2. The van der Waals surface area contributed by atoms with Crippen LogP contribution in [-0.2, 0) is 4.74 Å². The third kappa shape index (κ3) is 4.01. The third-order valence-corrected chi connectivity index (χ3v) is 4.91. The SMILES string of the molecule is Cc1cn2c(Nc3cc([C@@H]4CC[C@H](OC(=O)NC(C)C)[C@@H]4F)[nH]n3)nccc2n1. The molecule has 3 aromatic rings.